The van der Waals surface area contributed by atoms with Crippen molar-refractivity contribution in [3.8, 4) is 0 Å². The highest BCUT2D eigenvalue weighted by atomic mass is 35.5. The van der Waals surface area contributed by atoms with Gasteiger partial charge < -0.3 is 9.64 Å². The zero-order chi connectivity index (χ0) is 14.4. The number of halogens is 1. The van der Waals surface area contributed by atoms with Gasteiger partial charge in [0.05, 0.1) is 13.5 Å². The molecule has 0 aliphatic rings. The third-order valence-electron chi connectivity index (χ3n) is 2.52. The van der Waals surface area contributed by atoms with Gasteiger partial charge in [-0.3, -0.25) is 4.79 Å². The van der Waals surface area contributed by atoms with Crippen molar-refractivity contribution in [1.82, 2.24) is 9.97 Å². The summed E-state index contributed by atoms with van der Waals surface area (Å²) in [6, 6.07) is 1.72. The summed E-state index contributed by atoms with van der Waals surface area (Å²) in [4.78, 5) is 21.7. The smallest absolute Gasteiger partial charge is 0.307 e. The Hall–Kier alpha value is -1.36. The zero-order valence-corrected chi connectivity index (χ0v) is 12.6. The molecule has 1 aromatic rings. The summed E-state index contributed by atoms with van der Waals surface area (Å²) in [5.41, 5.74) is 0. The summed E-state index contributed by atoms with van der Waals surface area (Å²) in [6.45, 7) is 7.37. The minimum atomic E-state index is -0.231. The summed E-state index contributed by atoms with van der Waals surface area (Å²) in [7, 11) is 1.39. The molecule has 1 heterocycles. The molecule has 0 saturated heterocycles. The lowest BCUT2D eigenvalue weighted by Crippen LogP contribution is -2.31. The van der Waals surface area contributed by atoms with Crippen molar-refractivity contribution >= 4 is 23.4 Å². The molecular formula is C13H20ClN3O2. The van der Waals surface area contributed by atoms with Crippen LogP contribution in [0.3, 0.4) is 0 Å². The van der Waals surface area contributed by atoms with Gasteiger partial charge in [-0.1, -0.05) is 25.4 Å². The van der Waals surface area contributed by atoms with Gasteiger partial charge in [0.25, 0.3) is 0 Å². The van der Waals surface area contributed by atoms with Crippen molar-refractivity contribution in [2.75, 3.05) is 25.1 Å². The second-order valence-corrected chi connectivity index (χ2v) is 5.15. The van der Waals surface area contributed by atoms with Gasteiger partial charge >= 0.3 is 5.97 Å². The molecule has 0 fully saturated rings. The van der Waals surface area contributed by atoms with Crippen LogP contribution in [-0.2, 0) is 9.53 Å². The van der Waals surface area contributed by atoms with Crippen LogP contribution in [0.15, 0.2) is 6.07 Å². The number of ether oxygens (including phenoxy) is 1. The van der Waals surface area contributed by atoms with Crippen molar-refractivity contribution < 1.29 is 9.53 Å². The van der Waals surface area contributed by atoms with Gasteiger partial charge in [-0.05, 0) is 12.8 Å². The lowest BCUT2D eigenvalue weighted by atomic mass is 10.2. The molecule has 19 heavy (non-hydrogen) atoms. The molecule has 0 bridgehead atoms. The number of rotatable bonds is 6. The molecule has 1 rings (SSSR count). The SMILES string of the molecule is COC(=O)CCN(CC(C)C)c1cc(Cl)nc(C)n1. The third-order valence-corrected chi connectivity index (χ3v) is 2.71. The highest BCUT2D eigenvalue weighted by Gasteiger charge is 2.13. The number of carbonyl (C=O) groups excluding carboxylic acids is 1. The Morgan fingerprint density at radius 1 is 1.47 bits per heavy atom. The molecule has 1 aromatic heterocycles. The Morgan fingerprint density at radius 3 is 2.68 bits per heavy atom. The Balaban J connectivity index is 2.85. The highest BCUT2D eigenvalue weighted by molar-refractivity contribution is 6.29. The van der Waals surface area contributed by atoms with E-state index in [9.17, 15) is 4.79 Å². The number of aromatic nitrogens is 2. The first-order valence-corrected chi connectivity index (χ1v) is 6.63. The number of anilines is 1. The van der Waals surface area contributed by atoms with E-state index in [4.69, 9.17) is 11.6 Å². The first-order valence-electron chi connectivity index (χ1n) is 6.25. The molecule has 0 aliphatic carbocycles. The molecule has 0 amide bonds. The van der Waals surface area contributed by atoms with Gasteiger partial charge in [0, 0.05) is 19.2 Å². The number of esters is 1. The van der Waals surface area contributed by atoms with Gasteiger partial charge in [0.15, 0.2) is 0 Å². The van der Waals surface area contributed by atoms with Crippen LogP contribution in [0.4, 0.5) is 5.82 Å². The van der Waals surface area contributed by atoms with Gasteiger partial charge in [-0.2, -0.15) is 0 Å². The van der Waals surface area contributed by atoms with E-state index in [1.54, 1.807) is 13.0 Å². The fourth-order valence-corrected chi connectivity index (χ4v) is 1.97. The molecule has 0 aliphatic heterocycles. The highest BCUT2D eigenvalue weighted by Crippen LogP contribution is 2.17. The lowest BCUT2D eigenvalue weighted by molar-refractivity contribution is -0.140. The normalized spacial score (nSPS) is 10.6. The summed E-state index contributed by atoms with van der Waals surface area (Å²) < 4.78 is 4.66. The molecule has 0 saturated carbocycles. The molecular weight excluding hydrogens is 266 g/mol. The maximum absolute atomic E-state index is 11.3. The van der Waals surface area contributed by atoms with Crippen molar-refractivity contribution in [2.45, 2.75) is 27.2 Å². The van der Waals surface area contributed by atoms with E-state index in [0.29, 0.717) is 29.9 Å². The van der Waals surface area contributed by atoms with Crippen molar-refractivity contribution in [2.24, 2.45) is 5.92 Å². The predicted octanol–water partition coefficient (Wildman–Crippen LogP) is 2.46. The second-order valence-electron chi connectivity index (χ2n) is 4.76. The maximum atomic E-state index is 11.3. The Bertz CT molecular complexity index is 418. The largest absolute Gasteiger partial charge is 0.469 e. The molecule has 0 spiro atoms. The number of aryl methyl sites for hydroxylation is 1. The molecule has 0 atom stereocenters. The summed E-state index contributed by atoms with van der Waals surface area (Å²) in [5.74, 6) is 1.58. The molecule has 6 heteroatoms. The third kappa shape index (κ3) is 5.42. The van der Waals surface area contributed by atoms with E-state index in [1.807, 2.05) is 4.90 Å². The van der Waals surface area contributed by atoms with Crippen molar-refractivity contribution in [1.29, 1.82) is 0 Å². The van der Waals surface area contributed by atoms with E-state index >= 15 is 0 Å². The first kappa shape index (κ1) is 15.7. The van der Waals surface area contributed by atoms with Gasteiger partial charge in [0.2, 0.25) is 0 Å². The fourth-order valence-electron chi connectivity index (χ4n) is 1.75. The molecule has 0 radical (unpaired) electrons. The number of nitrogens with zero attached hydrogens (tertiary/aromatic N) is 3. The summed E-state index contributed by atoms with van der Waals surface area (Å²) in [5, 5.41) is 0.411. The number of hydrogen-bond donors (Lipinski definition) is 0. The monoisotopic (exact) mass is 285 g/mol. The Morgan fingerprint density at radius 2 is 2.16 bits per heavy atom. The van der Waals surface area contributed by atoms with Gasteiger partial charge in [-0.15, -0.1) is 0 Å². The lowest BCUT2D eigenvalue weighted by Gasteiger charge is -2.25. The standard InChI is InChI=1S/C13H20ClN3O2/c1-9(2)8-17(6-5-13(18)19-4)12-7-11(14)15-10(3)16-12/h7,9H,5-6,8H2,1-4H3. The van der Waals surface area contributed by atoms with Gasteiger partial charge in [0.1, 0.15) is 16.8 Å². The molecule has 0 aromatic carbocycles. The van der Waals surface area contributed by atoms with Crippen LogP contribution in [0.1, 0.15) is 26.1 Å². The molecule has 0 N–H and O–H groups in total. The van der Waals surface area contributed by atoms with Crippen molar-refractivity contribution in [3.63, 3.8) is 0 Å². The minimum Gasteiger partial charge on any atom is -0.469 e. The fraction of sp³-hybridized carbons (Fsp3) is 0.615. The van der Waals surface area contributed by atoms with Crippen LogP contribution < -0.4 is 4.90 Å². The average Bonchev–Trinajstić information content (AvgIpc) is 2.32. The number of hydrogen-bond acceptors (Lipinski definition) is 5. The van der Waals surface area contributed by atoms with E-state index in [1.165, 1.54) is 7.11 Å². The van der Waals surface area contributed by atoms with Crippen molar-refractivity contribution in [3.05, 3.63) is 17.0 Å². The summed E-state index contributed by atoms with van der Waals surface area (Å²) >= 11 is 5.95. The Labute approximate surface area is 118 Å². The Kier molecular flexibility index (Phi) is 6.02. The second kappa shape index (κ2) is 7.28. The van der Waals surface area contributed by atoms with Crippen LogP contribution in [0.25, 0.3) is 0 Å². The average molecular weight is 286 g/mol. The van der Waals surface area contributed by atoms with Crippen LogP contribution in [-0.4, -0.2) is 36.1 Å². The van der Waals surface area contributed by atoms with E-state index in [-0.39, 0.29) is 5.97 Å². The quantitative estimate of drug-likeness (QED) is 0.594. The number of carbonyl (C=O) groups is 1. The summed E-state index contributed by atoms with van der Waals surface area (Å²) in [6.07, 6.45) is 0.323. The minimum absolute atomic E-state index is 0.231. The molecule has 106 valence electrons. The topological polar surface area (TPSA) is 55.3 Å². The van der Waals surface area contributed by atoms with Gasteiger partial charge in [-0.25, -0.2) is 9.97 Å². The molecule has 5 nitrogen and oxygen atoms in total. The van der Waals surface area contributed by atoms with E-state index in [2.05, 4.69) is 28.6 Å². The van der Waals surface area contributed by atoms with E-state index < -0.39 is 0 Å². The molecule has 0 unspecified atom stereocenters. The van der Waals surface area contributed by atoms with E-state index in [0.717, 1.165) is 12.4 Å². The first-order chi connectivity index (χ1) is 8.92. The maximum Gasteiger partial charge on any atom is 0.307 e. The van der Waals surface area contributed by atoms with Crippen LogP contribution in [0, 0.1) is 12.8 Å². The zero-order valence-electron chi connectivity index (χ0n) is 11.8. The predicted molar refractivity (Wildman–Crippen MR) is 75.5 cm³/mol. The van der Waals surface area contributed by atoms with Crippen LogP contribution >= 0.6 is 11.6 Å². The number of methoxy groups -OCH3 is 1. The van der Waals surface area contributed by atoms with Crippen LogP contribution in [0.5, 0.6) is 0 Å². The van der Waals surface area contributed by atoms with Crippen LogP contribution in [0.2, 0.25) is 5.15 Å².